The van der Waals surface area contributed by atoms with Crippen LogP contribution in [0.3, 0.4) is 0 Å². The Hall–Kier alpha value is -13.1. The molecule has 4 aromatic carbocycles. The minimum atomic E-state index is -2.08. The second-order valence-electron chi connectivity index (χ2n) is 36.8. The second-order valence-corrected chi connectivity index (χ2v) is 37.8. The Balaban J connectivity index is 1.20. The lowest BCUT2D eigenvalue weighted by molar-refractivity contribution is -0.142. The number of aliphatic hydroxyl groups is 1. The Morgan fingerprint density at radius 1 is 0.489 bits per heavy atom. The molecule has 3 aliphatic rings. The SMILES string of the molecule is CC(C)C[C@H]1NC(=O)[C@H](CCCN)NC(=O)[C@H](C(C)C)NC(=O)[C@H](Cc2ccc(-c3ccccc3)cc2)NC(=O)[C@H](C(C)C)NC(=O)[C@H](Cc2c[nH]c3ccccc23)NC(=O)[C@H](CC(=O)O)NC(=O)[C@H](Cc2ccc(OCC(=O)O)cc2)NC(=O)[C@@H]2CNCCN2C(=O)CSC[C@@H](C(=O)N[C@@H](C)C(N)=O)NC(=O)[C@H](CO)NC(=O)[C@H](C(C)C)NC(=O)[C@H](CC2CCCCC2)NC(=O)[C@H](CCN)NC1=O. The lowest BCUT2D eigenvalue weighted by Crippen LogP contribution is -2.63. The van der Waals surface area contributed by atoms with Gasteiger partial charge in [0.15, 0.2) is 6.61 Å². The summed E-state index contributed by atoms with van der Waals surface area (Å²) in [7, 11) is 0. The largest absolute Gasteiger partial charge is 0.482 e. The summed E-state index contributed by atoms with van der Waals surface area (Å²) in [6.07, 6.45) is 3.05. The topological polar surface area (TPSA) is 655 Å². The van der Waals surface area contributed by atoms with Gasteiger partial charge in [-0.2, -0.15) is 0 Å². The molecule has 43 heteroatoms. The van der Waals surface area contributed by atoms with Crippen LogP contribution in [0.1, 0.15) is 150 Å². The average Bonchev–Trinajstić information content (AvgIpc) is 1.69. The molecule has 0 bridgehead atoms. The molecule has 0 radical (unpaired) electrons. The number of fused-ring (bicyclic) bond motifs is 2. The summed E-state index contributed by atoms with van der Waals surface area (Å²) < 4.78 is 5.33. The number of nitrogens with two attached hydrogens (primary N) is 3. The number of H-pyrrole nitrogens is 1. The van der Waals surface area contributed by atoms with Crippen molar-refractivity contribution in [1.82, 2.24) is 89.6 Å². The summed E-state index contributed by atoms with van der Waals surface area (Å²) in [5.74, 6) is -22.3. The minimum absolute atomic E-state index is 0.0244. The van der Waals surface area contributed by atoms with Crippen molar-refractivity contribution in [3.8, 4) is 16.9 Å². The van der Waals surface area contributed by atoms with Crippen LogP contribution in [-0.4, -0.2) is 280 Å². The first-order valence-corrected chi connectivity index (χ1v) is 48.3. The van der Waals surface area contributed by atoms with Crippen LogP contribution in [0, 0.1) is 29.6 Å². The molecular weight excluding hydrogens is 1820 g/mol. The van der Waals surface area contributed by atoms with Gasteiger partial charge in [-0.3, -0.25) is 81.5 Å². The predicted molar refractivity (Wildman–Crippen MR) is 515 cm³/mol. The third kappa shape index (κ3) is 34.5. The van der Waals surface area contributed by atoms with Crippen molar-refractivity contribution in [2.45, 2.75) is 243 Å². The van der Waals surface area contributed by atoms with Crippen molar-refractivity contribution in [3.05, 3.63) is 126 Å². The maximum atomic E-state index is 15.5. The van der Waals surface area contributed by atoms with Crippen LogP contribution in [0.4, 0.5) is 0 Å². The summed E-state index contributed by atoms with van der Waals surface area (Å²) in [6.45, 7) is 12.0. The van der Waals surface area contributed by atoms with E-state index in [1.165, 1.54) is 31.2 Å². The van der Waals surface area contributed by atoms with E-state index in [1.54, 1.807) is 110 Å². The number of aromatic amines is 1. The molecule has 25 N–H and O–H groups in total. The fourth-order valence-corrected chi connectivity index (χ4v) is 17.4. The third-order valence-corrected chi connectivity index (χ3v) is 25.3. The number of ether oxygens (including phenoxy) is 1. The number of thioether (sulfide) groups is 1. The number of carbonyl (C=O) groups excluding carboxylic acids is 16. The Kier molecular flexibility index (Phi) is 43.9. The maximum absolute atomic E-state index is 15.5. The summed E-state index contributed by atoms with van der Waals surface area (Å²) in [5.41, 5.74) is 21.2. The summed E-state index contributed by atoms with van der Waals surface area (Å²) in [5, 5.41) is 71.4. The molecule has 3 fully saturated rings. The van der Waals surface area contributed by atoms with Crippen LogP contribution in [-0.2, 0) is 106 Å². The van der Waals surface area contributed by atoms with Crippen molar-refractivity contribution >= 4 is 129 Å². The van der Waals surface area contributed by atoms with E-state index in [-0.39, 0.29) is 101 Å². The van der Waals surface area contributed by atoms with Gasteiger partial charge in [0.05, 0.1) is 18.8 Å². The molecule has 1 aliphatic carbocycles. The number of para-hydroxylation sites is 1. The highest BCUT2D eigenvalue weighted by atomic mass is 32.2. The number of hydrogen-bond donors (Lipinski definition) is 22. The number of amides is 16. The number of rotatable bonds is 28. The zero-order chi connectivity index (χ0) is 102. The molecular formula is C96H136N20O22S. The van der Waals surface area contributed by atoms with Gasteiger partial charge in [-0.05, 0) is 128 Å². The van der Waals surface area contributed by atoms with E-state index in [0.29, 0.717) is 34.9 Å². The Bertz CT molecular complexity index is 5080. The lowest BCUT2D eigenvalue weighted by Gasteiger charge is -2.36. The minimum Gasteiger partial charge on any atom is -0.482 e. The van der Waals surface area contributed by atoms with E-state index in [0.717, 1.165) is 47.1 Å². The number of piperazine rings is 1. The van der Waals surface area contributed by atoms with E-state index in [2.05, 4.69) is 84.7 Å². The molecule has 139 heavy (non-hydrogen) atoms. The van der Waals surface area contributed by atoms with Crippen molar-refractivity contribution in [2.75, 3.05) is 57.4 Å². The van der Waals surface area contributed by atoms with E-state index in [1.807, 2.05) is 30.3 Å². The van der Waals surface area contributed by atoms with Gasteiger partial charge in [0.1, 0.15) is 96.4 Å². The van der Waals surface area contributed by atoms with E-state index < -0.39 is 252 Å². The van der Waals surface area contributed by atoms with Gasteiger partial charge in [-0.15, -0.1) is 11.8 Å². The fourth-order valence-electron chi connectivity index (χ4n) is 16.5. The number of aliphatic hydroxyl groups excluding tert-OH is 1. The van der Waals surface area contributed by atoms with Crippen LogP contribution >= 0.6 is 11.8 Å². The maximum Gasteiger partial charge on any atom is 0.341 e. The molecule has 0 spiro atoms. The zero-order valence-corrected chi connectivity index (χ0v) is 80.7. The number of carboxylic acid groups (broad SMARTS) is 2. The van der Waals surface area contributed by atoms with Crippen molar-refractivity contribution in [1.29, 1.82) is 0 Å². The number of carboxylic acids is 2. The van der Waals surface area contributed by atoms with E-state index in [4.69, 9.17) is 21.9 Å². The third-order valence-electron chi connectivity index (χ3n) is 24.3. The Morgan fingerprint density at radius 3 is 1.51 bits per heavy atom. The number of aliphatic carboxylic acids is 2. The summed E-state index contributed by atoms with van der Waals surface area (Å²) in [6, 6.07) is 5.24. The van der Waals surface area contributed by atoms with Crippen molar-refractivity contribution in [2.24, 2.45) is 46.8 Å². The zero-order valence-electron chi connectivity index (χ0n) is 79.9. The summed E-state index contributed by atoms with van der Waals surface area (Å²) in [4.78, 5) is 265. The molecule has 758 valence electrons. The lowest BCUT2D eigenvalue weighted by atomic mass is 9.84. The number of nitrogens with one attached hydrogen (secondary N) is 16. The first kappa shape index (κ1) is 111. The number of aromatic nitrogens is 1. The average molecular weight is 1950 g/mol. The highest BCUT2D eigenvalue weighted by molar-refractivity contribution is 8.00. The molecule has 1 aromatic heterocycles. The first-order valence-electron chi connectivity index (χ1n) is 47.1. The normalized spacial score (nSPS) is 24.3. The van der Waals surface area contributed by atoms with Gasteiger partial charge >= 0.3 is 11.9 Å². The van der Waals surface area contributed by atoms with Crippen molar-refractivity contribution < 1.29 is 106 Å². The Morgan fingerprint density at radius 2 is 0.957 bits per heavy atom. The van der Waals surface area contributed by atoms with Gasteiger partial charge in [-0.25, -0.2) is 4.79 Å². The van der Waals surface area contributed by atoms with Crippen LogP contribution < -0.4 is 102 Å². The quantitative estimate of drug-likeness (QED) is 0.0277. The number of benzene rings is 4. The van der Waals surface area contributed by atoms with Gasteiger partial charge in [0, 0.05) is 61.7 Å². The van der Waals surface area contributed by atoms with E-state index in [9.17, 15) is 68.1 Å². The molecule has 1 saturated carbocycles. The molecule has 3 heterocycles. The highest BCUT2D eigenvalue weighted by Gasteiger charge is 2.43. The van der Waals surface area contributed by atoms with Gasteiger partial charge in [-0.1, -0.05) is 172 Å². The molecule has 0 unspecified atom stereocenters. The van der Waals surface area contributed by atoms with Crippen LogP contribution in [0.5, 0.6) is 5.75 Å². The number of primary amides is 1. The Labute approximate surface area is 811 Å². The molecule has 15 atom stereocenters. The van der Waals surface area contributed by atoms with Crippen LogP contribution in [0.25, 0.3) is 22.0 Å². The van der Waals surface area contributed by atoms with Gasteiger partial charge in [0.2, 0.25) is 94.5 Å². The van der Waals surface area contributed by atoms with Crippen LogP contribution in [0.2, 0.25) is 0 Å². The van der Waals surface area contributed by atoms with Crippen LogP contribution in [0.15, 0.2) is 109 Å². The van der Waals surface area contributed by atoms with E-state index >= 15 is 33.6 Å². The number of hydrogen-bond acceptors (Lipinski definition) is 24. The highest BCUT2D eigenvalue weighted by Crippen LogP contribution is 2.29. The predicted octanol–water partition coefficient (Wildman–Crippen LogP) is -1.29. The molecule has 5 aromatic rings. The molecule has 2 aliphatic heterocycles. The molecule has 16 amide bonds. The first-order chi connectivity index (χ1) is 66.1. The molecule has 8 rings (SSSR count). The standard InChI is InChI=1S/C96H136N20O22S/c1-51(2)39-67-85(126)103-66(34-36-98)84(125)106-69(40-56-19-12-10-13-20-56)88(129)114-81(54(7)8)96(137)111-73(47-117)91(132)112-74(92(133)102-55(9)82(99)123)49-139-50-76(118)116-38-37-100-46-75(116)93(134)109-68(42-58-28-32-62(33-29-58)138-48-78(121)122)86(127)108-72(44-77(119)120)87(128)107-71(43-61-45-101-64-24-17-16-23-63(61)64)90(131)115-80(53(5)6)95(136)110-70(41-57-26-30-60(31-27-57)59-21-14-11-15-22-59)89(130)113-79(52(3)4)94(135)104-65(25-18-35-97)83(124)105-67/h11,14-17,21-24,26-33,45,51-56,65-75,79-81,100-101,117H,10,12-13,18-20,25,34-44,46-50,97-98H2,1-9H3,(H2,99,123)(H,102,133)(H,103,126)(H,104,135)(H,105,124)(H,106,125)(H,107,128)(H,108,127)(H,109,134)(H,110,136)(H,111,137)(H,112,132)(H,113,130)(H,114,129)(H,115,131)(H,119,120)(H,121,122)/t55-,65-,66-,67+,68-,69-,70-,71-,72-,73-,74-,75-,79-,80-,81-/m0/s1. The van der Waals surface area contributed by atoms with Gasteiger partial charge < -0.3 is 127 Å². The molecule has 2 saturated heterocycles. The van der Waals surface area contributed by atoms with Gasteiger partial charge in [0.25, 0.3) is 0 Å². The number of nitrogens with zero attached hydrogens (tertiary/aromatic N) is 1. The summed E-state index contributed by atoms with van der Waals surface area (Å²) >= 11 is 0.756. The monoisotopic (exact) mass is 1950 g/mol. The second kappa shape index (κ2) is 54.9. The fraction of sp³-hybridized carbons (Fsp3) is 0.542. The smallest absolute Gasteiger partial charge is 0.341 e. The van der Waals surface area contributed by atoms with Crippen molar-refractivity contribution in [3.63, 3.8) is 0 Å². The molecule has 42 nitrogen and oxygen atoms in total. The number of carbonyl (C=O) groups is 18.